The Bertz CT molecular complexity index is 1410. The maximum absolute atomic E-state index is 14.3. The molecule has 0 aliphatic carbocycles. The molecule has 0 radical (unpaired) electrons. The molecule has 1 aromatic heterocycles. The Kier molecular flexibility index (Phi) is 9.09. The molecule has 2 aromatic carbocycles. The first kappa shape index (κ1) is 31.6. The van der Waals surface area contributed by atoms with Crippen molar-refractivity contribution in [1.29, 1.82) is 0 Å². The van der Waals surface area contributed by atoms with E-state index in [4.69, 9.17) is 16.3 Å². The minimum absolute atomic E-state index is 0.0575. The summed E-state index contributed by atoms with van der Waals surface area (Å²) in [7, 11) is 1.65. The molecule has 1 amide bonds. The van der Waals surface area contributed by atoms with Gasteiger partial charge in [-0.3, -0.25) is 9.48 Å². The Hall–Kier alpha value is -3.36. The van der Waals surface area contributed by atoms with Crippen LogP contribution in [0.5, 0.6) is 5.75 Å². The molecule has 1 aliphatic heterocycles. The molecule has 3 aromatic rings. The number of hydrogen-bond donors (Lipinski definition) is 2. The number of hydrogen-bond acceptors (Lipinski definition) is 5. The SMILES string of the molecule is COc1ccc(C(C)(C)C)cc1CN[C@H]1[C@H](C(C)(C)C)[C@@H](C(=O)O)N(C(=O)C(C)n2cc(Cl)cn2)[C@H]1c1ccccc1. The maximum Gasteiger partial charge on any atom is 0.326 e. The molecule has 1 saturated heterocycles. The third-order valence-electron chi connectivity index (χ3n) is 8.31. The van der Waals surface area contributed by atoms with E-state index in [1.54, 1.807) is 25.1 Å². The van der Waals surface area contributed by atoms with E-state index < -0.39 is 35.4 Å². The molecule has 1 unspecified atom stereocenters. The monoisotopic (exact) mass is 594 g/mol. The quantitative estimate of drug-likeness (QED) is 0.319. The highest BCUT2D eigenvalue weighted by Crippen LogP contribution is 2.49. The van der Waals surface area contributed by atoms with Gasteiger partial charge in [-0.15, -0.1) is 0 Å². The lowest BCUT2D eigenvalue weighted by Crippen LogP contribution is -2.49. The van der Waals surface area contributed by atoms with Crippen molar-refractivity contribution < 1.29 is 19.4 Å². The minimum atomic E-state index is -1.07. The summed E-state index contributed by atoms with van der Waals surface area (Å²) in [6.07, 6.45) is 3.05. The zero-order chi connectivity index (χ0) is 31.0. The molecular formula is C33H43ClN4O4. The fraction of sp³-hybridized carbons (Fsp3) is 0.485. The molecule has 1 fully saturated rings. The van der Waals surface area contributed by atoms with Gasteiger partial charge in [-0.05, 0) is 34.9 Å². The van der Waals surface area contributed by atoms with Gasteiger partial charge in [0.15, 0.2) is 0 Å². The van der Waals surface area contributed by atoms with Gasteiger partial charge in [0.1, 0.15) is 17.8 Å². The standard InChI is InChI=1S/C33H43ClN4O4/c1-20(37-19-24(34)18-36-37)30(39)38-28(21-12-10-9-11-13-21)27(26(33(5,6)7)29(38)31(40)41)35-17-22-16-23(32(2,3)4)14-15-25(22)42-8/h9-16,18-20,26-29,35H,17H2,1-8H3,(H,40,41)/t20?,26-,27-,28-,29-/m0/s1. The molecule has 2 heterocycles. The number of amides is 1. The number of carbonyl (C=O) groups excluding carboxylic acids is 1. The number of carboxylic acids is 1. The first-order valence-electron chi connectivity index (χ1n) is 14.4. The van der Waals surface area contributed by atoms with Crippen LogP contribution in [0.1, 0.15) is 77.2 Å². The van der Waals surface area contributed by atoms with Crippen molar-refractivity contribution in [3.8, 4) is 5.75 Å². The summed E-state index contributed by atoms with van der Waals surface area (Å²) in [6.45, 7) is 14.8. The van der Waals surface area contributed by atoms with Crippen molar-refractivity contribution in [2.75, 3.05) is 7.11 Å². The molecule has 0 bridgehead atoms. The number of halogens is 1. The van der Waals surface area contributed by atoms with Gasteiger partial charge >= 0.3 is 5.97 Å². The van der Waals surface area contributed by atoms with Gasteiger partial charge in [-0.25, -0.2) is 4.79 Å². The number of likely N-dealkylation sites (tertiary alicyclic amines) is 1. The van der Waals surface area contributed by atoms with E-state index >= 15 is 0 Å². The molecule has 1 aliphatic rings. The molecule has 2 N–H and O–H groups in total. The second-order valence-electron chi connectivity index (χ2n) is 13.3. The highest BCUT2D eigenvalue weighted by Gasteiger charge is 2.58. The van der Waals surface area contributed by atoms with Crippen molar-refractivity contribution in [3.63, 3.8) is 0 Å². The lowest BCUT2D eigenvalue weighted by atomic mass is 9.72. The summed E-state index contributed by atoms with van der Waals surface area (Å²) in [5, 5.41) is 19.1. The third-order valence-corrected chi connectivity index (χ3v) is 8.51. The predicted octanol–water partition coefficient (Wildman–Crippen LogP) is 6.26. The Morgan fingerprint density at radius 2 is 1.76 bits per heavy atom. The Morgan fingerprint density at radius 3 is 2.29 bits per heavy atom. The Labute approximate surface area is 254 Å². The van der Waals surface area contributed by atoms with Crippen molar-refractivity contribution >= 4 is 23.5 Å². The Morgan fingerprint density at radius 1 is 1.10 bits per heavy atom. The van der Waals surface area contributed by atoms with Crippen molar-refractivity contribution in [2.24, 2.45) is 11.3 Å². The average Bonchev–Trinajstić information content (AvgIpc) is 3.52. The lowest BCUT2D eigenvalue weighted by Gasteiger charge is -2.35. The van der Waals surface area contributed by atoms with Gasteiger partial charge in [-0.1, -0.05) is 95.6 Å². The van der Waals surface area contributed by atoms with Gasteiger partial charge in [0.05, 0.1) is 24.4 Å². The van der Waals surface area contributed by atoms with Gasteiger partial charge in [0.25, 0.3) is 0 Å². The van der Waals surface area contributed by atoms with E-state index in [2.05, 4.69) is 43.3 Å². The first-order valence-corrected chi connectivity index (χ1v) is 14.7. The number of carbonyl (C=O) groups is 2. The van der Waals surface area contributed by atoms with Crippen LogP contribution in [-0.4, -0.2) is 50.9 Å². The van der Waals surface area contributed by atoms with Gasteiger partial charge < -0.3 is 20.1 Å². The molecule has 8 nitrogen and oxygen atoms in total. The van der Waals surface area contributed by atoms with Gasteiger partial charge in [0.2, 0.25) is 5.91 Å². The molecule has 4 rings (SSSR count). The van der Waals surface area contributed by atoms with Crippen LogP contribution in [0.25, 0.3) is 0 Å². The van der Waals surface area contributed by atoms with Crippen LogP contribution in [0.15, 0.2) is 60.9 Å². The van der Waals surface area contributed by atoms with Crippen LogP contribution in [0.4, 0.5) is 0 Å². The number of rotatable bonds is 8. The smallest absolute Gasteiger partial charge is 0.326 e. The van der Waals surface area contributed by atoms with E-state index in [1.165, 1.54) is 16.4 Å². The summed E-state index contributed by atoms with van der Waals surface area (Å²) in [5.41, 5.74) is 2.49. The predicted molar refractivity (Wildman–Crippen MR) is 165 cm³/mol. The number of carboxylic acid groups (broad SMARTS) is 1. The van der Waals surface area contributed by atoms with E-state index in [0.29, 0.717) is 11.6 Å². The third kappa shape index (κ3) is 6.35. The van der Waals surface area contributed by atoms with E-state index in [9.17, 15) is 14.7 Å². The maximum atomic E-state index is 14.3. The van der Waals surface area contributed by atoms with Crippen LogP contribution >= 0.6 is 11.6 Å². The molecule has 0 saturated carbocycles. The molecule has 42 heavy (non-hydrogen) atoms. The number of aliphatic carboxylic acids is 1. The van der Waals surface area contributed by atoms with E-state index in [-0.39, 0.29) is 17.4 Å². The summed E-state index contributed by atoms with van der Waals surface area (Å²) in [6, 6.07) is 13.1. The van der Waals surface area contributed by atoms with Crippen LogP contribution in [0.2, 0.25) is 5.02 Å². The number of methoxy groups -OCH3 is 1. The normalized spacial score (nSPS) is 21.8. The van der Waals surface area contributed by atoms with Crippen LogP contribution < -0.4 is 10.1 Å². The van der Waals surface area contributed by atoms with Crippen LogP contribution in [0.3, 0.4) is 0 Å². The molecule has 9 heteroatoms. The van der Waals surface area contributed by atoms with E-state index in [1.807, 2.05) is 57.2 Å². The second-order valence-corrected chi connectivity index (χ2v) is 13.7. The van der Waals surface area contributed by atoms with Crippen molar-refractivity contribution in [3.05, 3.63) is 82.6 Å². The topological polar surface area (TPSA) is 96.7 Å². The fourth-order valence-corrected chi connectivity index (χ4v) is 6.34. The molecule has 0 spiro atoms. The number of nitrogens with zero attached hydrogens (tertiary/aromatic N) is 3. The first-order chi connectivity index (χ1) is 19.6. The number of nitrogens with one attached hydrogen (secondary N) is 1. The molecule has 226 valence electrons. The Balaban J connectivity index is 1.84. The fourth-order valence-electron chi connectivity index (χ4n) is 6.19. The highest BCUT2D eigenvalue weighted by atomic mass is 35.5. The summed E-state index contributed by atoms with van der Waals surface area (Å²) >= 11 is 6.12. The van der Waals surface area contributed by atoms with Crippen molar-refractivity contribution in [2.45, 2.75) is 84.6 Å². The molecular weight excluding hydrogens is 552 g/mol. The number of benzene rings is 2. The van der Waals surface area contributed by atoms with Crippen molar-refractivity contribution in [1.82, 2.24) is 20.0 Å². The summed E-state index contributed by atoms with van der Waals surface area (Å²) < 4.78 is 7.20. The minimum Gasteiger partial charge on any atom is -0.496 e. The highest BCUT2D eigenvalue weighted by molar-refractivity contribution is 6.30. The zero-order valence-electron chi connectivity index (χ0n) is 25.8. The average molecular weight is 595 g/mol. The lowest BCUT2D eigenvalue weighted by molar-refractivity contribution is -0.153. The van der Waals surface area contributed by atoms with Gasteiger partial charge in [-0.2, -0.15) is 5.10 Å². The number of aromatic nitrogens is 2. The summed E-state index contributed by atoms with van der Waals surface area (Å²) in [4.78, 5) is 29.0. The van der Waals surface area contributed by atoms with Gasteiger partial charge in [0, 0.05) is 30.3 Å². The van der Waals surface area contributed by atoms with E-state index in [0.717, 1.165) is 16.9 Å². The molecule has 5 atom stereocenters. The van der Waals surface area contributed by atoms with Crippen LogP contribution in [0, 0.1) is 11.3 Å². The van der Waals surface area contributed by atoms with Crippen LogP contribution in [-0.2, 0) is 21.5 Å². The largest absolute Gasteiger partial charge is 0.496 e. The number of ether oxygens (including phenoxy) is 1. The zero-order valence-corrected chi connectivity index (χ0v) is 26.5. The summed E-state index contributed by atoms with van der Waals surface area (Å²) in [5.74, 6) is -1.04. The second kappa shape index (κ2) is 12.1.